The Balaban J connectivity index is 1.37. The second-order valence-electron chi connectivity index (χ2n) is 5.93. The average molecular weight is 257 g/mol. The van der Waals surface area contributed by atoms with E-state index in [4.69, 9.17) is 14.3 Å². The summed E-state index contributed by atoms with van der Waals surface area (Å²) in [4.78, 5) is 17.0. The van der Waals surface area contributed by atoms with Crippen LogP contribution in [0.1, 0.15) is 26.7 Å². The van der Waals surface area contributed by atoms with Crippen LogP contribution in [-0.4, -0.2) is 42.2 Å². The van der Waals surface area contributed by atoms with Gasteiger partial charge in [-0.15, -0.1) is 0 Å². The molecule has 3 fully saturated rings. The summed E-state index contributed by atoms with van der Waals surface area (Å²) in [5.74, 6) is -0.543. The maximum Gasteiger partial charge on any atom is 0.250 e. The van der Waals surface area contributed by atoms with E-state index in [1.165, 1.54) is 0 Å². The van der Waals surface area contributed by atoms with Crippen LogP contribution in [0, 0.1) is 11.3 Å². The van der Waals surface area contributed by atoms with Crippen LogP contribution in [0.2, 0.25) is 0 Å². The molecule has 6 heteroatoms. The van der Waals surface area contributed by atoms with Gasteiger partial charge in [0.05, 0.1) is 18.1 Å². The van der Waals surface area contributed by atoms with Crippen LogP contribution in [0.25, 0.3) is 0 Å². The van der Waals surface area contributed by atoms with E-state index >= 15 is 0 Å². The van der Waals surface area contributed by atoms with Gasteiger partial charge in [0, 0.05) is 5.92 Å². The molecule has 102 valence electrons. The van der Waals surface area contributed by atoms with Gasteiger partial charge in [0.2, 0.25) is 5.91 Å². The molecule has 4 atom stereocenters. The molecular formula is C12H19NO5. The van der Waals surface area contributed by atoms with Crippen molar-refractivity contribution in [2.75, 3.05) is 13.2 Å². The molecular weight excluding hydrogens is 238 g/mol. The monoisotopic (exact) mass is 257 g/mol. The first-order chi connectivity index (χ1) is 8.43. The van der Waals surface area contributed by atoms with Gasteiger partial charge < -0.3 is 14.6 Å². The number of aliphatic hydroxyl groups excluding tert-OH is 1. The Morgan fingerprint density at radius 2 is 2.28 bits per heavy atom. The maximum absolute atomic E-state index is 11.8. The summed E-state index contributed by atoms with van der Waals surface area (Å²) < 4.78 is 10.9. The van der Waals surface area contributed by atoms with Crippen LogP contribution < -0.4 is 5.48 Å². The van der Waals surface area contributed by atoms with E-state index in [9.17, 15) is 9.90 Å². The number of carbonyl (C=O) groups is 1. The molecule has 1 saturated heterocycles. The second-order valence-corrected chi connectivity index (χ2v) is 5.93. The van der Waals surface area contributed by atoms with Crippen LogP contribution in [0.3, 0.4) is 0 Å². The van der Waals surface area contributed by atoms with Crippen LogP contribution >= 0.6 is 0 Å². The first kappa shape index (κ1) is 12.3. The lowest BCUT2D eigenvalue weighted by Crippen LogP contribution is -2.44. The van der Waals surface area contributed by atoms with Gasteiger partial charge in [-0.1, -0.05) is 0 Å². The van der Waals surface area contributed by atoms with Gasteiger partial charge in [-0.05, 0) is 26.7 Å². The molecule has 1 amide bonds. The van der Waals surface area contributed by atoms with Crippen LogP contribution in [0.4, 0.5) is 0 Å². The Hall–Kier alpha value is -0.690. The topological polar surface area (TPSA) is 77.0 Å². The van der Waals surface area contributed by atoms with Crippen molar-refractivity contribution in [1.82, 2.24) is 5.48 Å². The highest BCUT2D eigenvalue weighted by Crippen LogP contribution is 2.67. The van der Waals surface area contributed by atoms with Crippen molar-refractivity contribution >= 4 is 5.91 Å². The minimum Gasteiger partial charge on any atom is -0.393 e. The summed E-state index contributed by atoms with van der Waals surface area (Å²) in [6, 6.07) is 0. The number of ether oxygens (including phenoxy) is 2. The van der Waals surface area contributed by atoms with E-state index in [1.54, 1.807) is 0 Å². The Labute approximate surface area is 106 Å². The molecule has 1 unspecified atom stereocenters. The Bertz CT molecular complexity index is 371. The number of aliphatic hydroxyl groups is 1. The van der Waals surface area contributed by atoms with Gasteiger partial charge in [-0.25, -0.2) is 5.48 Å². The number of hydroxylamine groups is 1. The summed E-state index contributed by atoms with van der Waals surface area (Å²) in [5.41, 5.74) is 2.11. The van der Waals surface area contributed by atoms with Gasteiger partial charge in [0.25, 0.3) is 0 Å². The summed E-state index contributed by atoms with van der Waals surface area (Å²) >= 11 is 0. The molecule has 0 bridgehead atoms. The van der Waals surface area contributed by atoms with E-state index in [0.29, 0.717) is 13.0 Å². The Morgan fingerprint density at radius 1 is 1.50 bits per heavy atom. The Morgan fingerprint density at radius 3 is 2.78 bits per heavy atom. The van der Waals surface area contributed by atoms with Crippen molar-refractivity contribution in [3.63, 3.8) is 0 Å². The minimum atomic E-state index is -0.573. The zero-order valence-corrected chi connectivity index (χ0v) is 10.6. The summed E-state index contributed by atoms with van der Waals surface area (Å²) in [6.45, 7) is 4.43. The molecule has 3 aliphatic rings. The zero-order valence-electron chi connectivity index (χ0n) is 10.6. The molecule has 0 radical (unpaired) electrons. The first-order valence-electron chi connectivity index (χ1n) is 6.35. The molecule has 0 aromatic carbocycles. The van der Waals surface area contributed by atoms with Gasteiger partial charge in [0.15, 0.2) is 5.79 Å². The molecule has 1 heterocycles. The van der Waals surface area contributed by atoms with E-state index in [1.807, 2.05) is 13.8 Å². The molecule has 2 N–H and O–H groups in total. The zero-order chi connectivity index (χ0) is 13.0. The number of amides is 1. The molecule has 1 aliphatic heterocycles. The fourth-order valence-electron chi connectivity index (χ4n) is 2.93. The molecule has 0 aromatic rings. The molecule has 2 saturated carbocycles. The highest BCUT2D eigenvalue weighted by atomic mass is 16.8. The van der Waals surface area contributed by atoms with Crippen LogP contribution in [0.15, 0.2) is 0 Å². The number of rotatable bonds is 4. The number of hydrogen-bond acceptors (Lipinski definition) is 5. The number of carbonyl (C=O) groups excluding carboxylic acids is 1. The fraction of sp³-hybridized carbons (Fsp3) is 0.917. The fourth-order valence-corrected chi connectivity index (χ4v) is 2.93. The van der Waals surface area contributed by atoms with Gasteiger partial charge >= 0.3 is 0 Å². The smallest absolute Gasteiger partial charge is 0.250 e. The van der Waals surface area contributed by atoms with Crippen molar-refractivity contribution in [1.29, 1.82) is 0 Å². The third-order valence-electron chi connectivity index (χ3n) is 4.13. The molecule has 0 aromatic heterocycles. The standard InChI is InChI=1S/C12H19NO5/c1-11(2)16-5-7(18-11)6-17-13-10(15)12-3-8(12)9(14)4-12/h7-9,14H,3-6H2,1-2H3,(H,13,15)/t7?,8-,9-,12-/m0/s1. The van der Waals surface area contributed by atoms with E-state index < -0.39 is 5.79 Å². The minimum absolute atomic E-state index is 0.115. The number of fused-ring (bicyclic) bond motifs is 1. The highest BCUT2D eigenvalue weighted by Gasteiger charge is 2.71. The van der Waals surface area contributed by atoms with Gasteiger partial charge in [-0.2, -0.15) is 0 Å². The van der Waals surface area contributed by atoms with Crippen LogP contribution in [0.5, 0.6) is 0 Å². The van der Waals surface area contributed by atoms with Crippen molar-refractivity contribution in [3.8, 4) is 0 Å². The van der Waals surface area contributed by atoms with Crippen LogP contribution in [-0.2, 0) is 19.1 Å². The maximum atomic E-state index is 11.8. The van der Waals surface area contributed by atoms with E-state index in [2.05, 4.69) is 5.48 Å². The number of nitrogens with one attached hydrogen (secondary N) is 1. The van der Waals surface area contributed by atoms with E-state index in [-0.39, 0.29) is 36.1 Å². The van der Waals surface area contributed by atoms with Crippen molar-refractivity contribution in [2.45, 2.75) is 44.7 Å². The third-order valence-corrected chi connectivity index (χ3v) is 4.13. The average Bonchev–Trinajstić information content (AvgIpc) is 2.78. The summed E-state index contributed by atoms with van der Waals surface area (Å²) in [7, 11) is 0. The van der Waals surface area contributed by atoms with E-state index in [0.717, 1.165) is 6.42 Å². The first-order valence-corrected chi connectivity index (χ1v) is 6.35. The quantitative estimate of drug-likeness (QED) is 0.691. The molecule has 3 rings (SSSR count). The normalized spacial score (nSPS) is 44.1. The third kappa shape index (κ3) is 1.93. The lowest BCUT2D eigenvalue weighted by Gasteiger charge is -2.29. The van der Waals surface area contributed by atoms with Gasteiger partial charge in [0.1, 0.15) is 12.7 Å². The number of hydrogen-bond donors (Lipinski definition) is 2. The predicted molar refractivity (Wildman–Crippen MR) is 60.2 cm³/mol. The molecule has 18 heavy (non-hydrogen) atoms. The SMILES string of the molecule is CC1(C)OCC(CONC(=O)[C@@]23C[C@H](O)[C@@H]2C3)O1. The highest BCUT2D eigenvalue weighted by molar-refractivity contribution is 5.87. The van der Waals surface area contributed by atoms with Crippen molar-refractivity contribution in [2.24, 2.45) is 11.3 Å². The molecule has 6 nitrogen and oxygen atoms in total. The van der Waals surface area contributed by atoms with Crippen molar-refractivity contribution in [3.05, 3.63) is 0 Å². The van der Waals surface area contributed by atoms with Gasteiger partial charge in [-0.3, -0.25) is 9.63 Å². The molecule has 0 spiro atoms. The lowest BCUT2D eigenvalue weighted by molar-refractivity contribution is -0.158. The molecule has 2 aliphatic carbocycles. The summed E-state index contributed by atoms with van der Waals surface area (Å²) in [5, 5.41) is 9.37. The lowest BCUT2D eigenvalue weighted by atomic mass is 9.81. The Kier molecular flexibility index (Phi) is 2.68. The second kappa shape index (κ2) is 3.90. The summed E-state index contributed by atoms with van der Waals surface area (Å²) in [6.07, 6.45) is 0.880. The largest absolute Gasteiger partial charge is 0.393 e. The predicted octanol–water partition coefficient (Wildman–Crippen LogP) is -0.0434. The van der Waals surface area contributed by atoms with Crippen molar-refractivity contribution < 1.29 is 24.2 Å².